The fourth-order valence-corrected chi connectivity index (χ4v) is 6.85. The molecule has 1 saturated heterocycles. The molecule has 1 aliphatic heterocycles. The monoisotopic (exact) mass is 569 g/mol. The highest BCUT2D eigenvalue weighted by Gasteiger charge is 2.64. The summed E-state index contributed by atoms with van der Waals surface area (Å²) in [5.74, 6) is -7.57. The third kappa shape index (κ3) is 3.94. The zero-order valence-electron chi connectivity index (χ0n) is 23.6. The lowest BCUT2D eigenvalue weighted by Gasteiger charge is -2.50. The van der Waals surface area contributed by atoms with Crippen molar-refractivity contribution >= 4 is 40.5 Å². The molecule has 1 heterocycles. The molecule has 41 heavy (non-hydrogen) atoms. The van der Waals surface area contributed by atoms with Crippen LogP contribution in [0.15, 0.2) is 23.0 Å². The highest BCUT2D eigenvalue weighted by atomic mass is 16.3. The molecule has 0 bridgehead atoms. The summed E-state index contributed by atoms with van der Waals surface area (Å²) in [6.45, 7) is 0.760. The molecule has 0 spiro atoms. The van der Waals surface area contributed by atoms with Crippen LogP contribution in [0.25, 0.3) is 5.76 Å². The first-order chi connectivity index (χ1) is 19.1. The summed E-state index contributed by atoms with van der Waals surface area (Å²) in [4.78, 5) is 57.4. The van der Waals surface area contributed by atoms with E-state index in [-0.39, 0.29) is 41.6 Å². The molecular formula is C28H35N5O8. The Kier molecular flexibility index (Phi) is 6.67. The first-order valence-corrected chi connectivity index (χ1v) is 13.3. The molecule has 220 valence electrons. The number of carbonyl (C=O) groups excluding carboxylic acids is 4. The summed E-state index contributed by atoms with van der Waals surface area (Å²) < 4.78 is 0. The van der Waals surface area contributed by atoms with Crippen molar-refractivity contribution in [3.63, 3.8) is 0 Å². The van der Waals surface area contributed by atoms with Crippen LogP contribution in [0.3, 0.4) is 0 Å². The molecule has 13 heteroatoms. The summed E-state index contributed by atoms with van der Waals surface area (Å²) in [5.41, 5.74) is 2.59. The first-order valence-electron chi connectivity index (χ1n) is 13.3. The van der Waals surface area contributed by atoms with E-state index >= 15 is 0 Å². The van der Waals surface area contributed by atoms with Crippen LogP contribution in [0.4, 0.5) is 11.4 Å². The smallest absolute Gasteiger partial charge is 0.255 e. The number of rotatable bonds is 5. The van der Waals surface area contributed by atoms with E-state index in [1.165, 1.54) is 4.90 Å². The van der Waals surface area contributed by atoms with E-state index in [1.807, 2.05) is 11.9 Å². The van der Waals surface area contributed by atoms with Gasteiger partial charge in [-0.15, -0.1) is 0 Å². The average Bonchev–Trinajstić information content (AvgIpc) is 2.86. The predicted octanol–water partition coefficient (Wildman–Crippen LogP) is -0.327. The Morgan fingerprint density at radius 2 is 1.80 bits per heavy atom. The molecule has 2 amide bonds. The molecule has 0 unspecified atom stereocenters. The number of Topliss-reactive ketones (excluding diaryl/α,β-unsaturated/α-hetero) is 2. The number of primary amides is 1. The van der Waals surface area contributed by atoms with Crippen molar-refractivity contribution in [1.82, 2.24) is 9.80 Å². The minimum atomic E-state index is -2.72. The van der Waals surface area contributed by atoms with Crippen molar-refractivity contribution < 1.29 is 39.6 Å². The summed E-state index contributed by atoms with van der Waals surface area (Å²) in [7, 11) is 8.42. The lowest BCUT2D eigenvalue weighted by molar-refractivity contribution is -0.153. The number of phenols is 1. The second-order valence-electron chi connectivity index (χ2n) is 11.8. The Balaban J connectivity index is 1.68. The van der Waals surface area contributed by atoms with Crippen LogP contribution in [-0.2, 0) is 25.6 Å². The number of aromatic hydroxyl groups is 1. The minimum Gasteiger partial charge on any atom is -0.508 e. The topological polar surface area (TPSA) is 197 Å². The lowest BCUT2D eigenvalue weighted by atomic mass is 9.57. The third-order valence-electron chi connectivity index (χ3n) is 9.03. The number of aliphatic hydroxyl groups excluding tert-OH is 2. The second-order valence-corrected chi connectivity index (χ2v) is 11.8. The largest absolute Gasteiger partial charge is 0.508 e. The van der Waals surface area contributed by atoms with Crippen molar-refractivity contribution in [3.8, 4) is 5.75 Å². The Labute approximate surface area is 236 Å². The van der Waals surface area contributed by atoms with Crippen molar-refractivity contribution in [3.05, 3.63) is 34.1 Å². The number of amides is 2. The summed E-state index contributed by atoms with van der Waals surface area (Å²) >= 11 is 0. The Morgan fingerprint density at radius 3 is 2.32 bits per heavy atom. The zero-order chi connectivity index (χ0) is 30.3. The SMILES string of the molecule is CN(C)c1cc(NC(=O)[C@@H]2CCN2C)c(O)c2c1C[C@H]1C[C@H]3[C@H](N(C)C)C(=O)C(C(N)=O)=C(O)[C@@]3(O)C(=O)C1=C2O. The fourth-order valence-electron chi connectivity index (χ4n) is 6.85. The van der Waals surface area contributed by atoms with Gasteiger partial charge in [0.25, 0.3) is 5.91 Å². The molecule has 5 rings (SSSR count). The number of nitrogens with zero attached hydrogens (tertiary/aromatic N) is 3. The van der Waals surface area contributed by atoms with Crippen LogP contribution < -0.4 is 16.0 Å². The van der Waals surface area contributed by atoms with E-state index in [0.717, 1.165) is 6.54 Å². The predicted molar refractivity (Wildman–Crippen MR) is 148 cm³/mol. The number of anilines is 2. The van der Waals surface area contributed by atoms with Crippen LogP contribution in [0.5, 0.6) is 5.75 Å². The van der Waals surface area contributed by atoms with Crippen molar-refractivity contribution in [2.45, 2.75) is 36.9 Å². The second kappa shape index (κ2) is 9.57. The van der Waals surface area contributed by atoms with Gasteiger partial charge in [-0.2, -0.15) is 0 Å². The van der Waals surface area contributed by atoms with Gasteiger partial charge in [0.05, 0.1) is 23.3 Å². The number of ketones is 2. The molecule has 7 N–H and O–H groups in total. The average molecular weight is 570 g/mol. The fraction of sp³-hybridized carbons (Fsp3) is 0.500. The van der Waals surface area contributed by atoms with Crippen LogP contribution in [0, 0.1) is 11.8 Å². The molecule has 5 atom stereocenters. The summed E-state index contributed by atoms with van der Waals surface area (Å²) in [6.07, 6.45) is 0.793. The Morgan fingerprint density at radius 1 is 1.15 bits per heavy atom. The molecule has 1 aromatic rings. The molecule has 4 aliphatic rings. The lowest BCUT2D eigenvalue weighted by Crippen LogP contribution is -2.65. The van der Waals surface area contributed by atoms with E-state index in [0.29, 0.717) is 17.7 Å². The number of fused-ring (bicyclic) bond motifs is 3. The number of carbonyl (C=O) groups is 4. The van der Waals surface area contributed by atoms with E-state index in [2.05, 4.69) is 5.32 Å². The number of hydrogen-bond acceptors (Lipinski definition) is 11. The van der Waals surface area contributed by atoms with E-state index < -0.39 is 63.8 Å². The van der Waals surface area contributed by atoms with Gasteiger partial charge in [0, 0.05) is 37.8 Å². The minimum absolute atomic E-state index is 0.00804. The van der Waals surface area contributed by atoms with Crippen LogP contribution >= 0.6 is 0 Å². The number of phenolic OH excluding ortho intramolecular Hbond substituents is 1. The number of benzene rings is 1. The first kappa shape index (κ1) is 28.6. The van der Waals surface area contributed by atoms with Gasteiger partial charge in [0.2, 0.25) is 11.7 Å². The molecule has 1 aromatic carbocycles. The van der Waals surface area contributed by atoms with Crippen molar-refractivity contribution in [1.29, 1.82) is 0 Å². The quantitative estimate of drug-likeness (QED) is 0.201. The summed E-state index contributed by atoms with van der Waals surface area (Å²) in [6, 6.07) is 0.0738. The molecule has 1 saturated carbocycles. The zero-order valence-corrected chi connectivity index (χ0v) is 23.6. The number of likely N-dealkylation sites (N-methyl/N-ethyl adjacent to an activating group) is 2. The molecule has 13 nitrogen and oxygen atoms in total. The van der Waals surface area contributed by atoms with E-state index in [1.54, 1.807) is 39.2 Å². The van der Waals surface area contributed by atoms with Crippen LogP contribution in [0.1, 0.15) is 24.0 Å². The Hall–Kier alpha value is -3.94. The van der Waals surface area contributed by atoms with Crippen molar-refractivity contribution in [2.24, 2.45) is 17.6 Å². The van der Waals surface area contributed by atoms with Gasteiger partial charge in [0.1, 0.15) is 22.8 Å². The maximum Gasteiger partial charge on any atom is 0.255 e. The van der Waals surface area contributed by atoms with Gasteiger partial charge in [-0.3, -0.25) is 29.0 Å². The van der Waals surface area contributed by atoms with E-state index in [9.17, 15) is 39.6 Å². The van der Waals surface area contributed by atoms with Gasteiger partial charge >= 0.3 is 0 Å². The van der Waals surface area contributed by atoms with E-state index in [4.69, 9.17) is 5.73 Å². The standard InChI is InChI=1S/C28H35N5O8/c1-31(2)16-10-14(30-27(40)15-6-7-33(15)5)21(34)18-12(16)8-11-9-13-20(32(3)4)23(36)19(26(29)39)25(38)28(13,41)24(37)17(11)22(18)35/h10-11,13,15,20,34-35,38,41H,6-9H2,1-5H3,(H2,29,39)(H,30,40)/t11-,13-,15-,20-,28-/m0/s1. The van der Waals surface area contributed by atoms with Gasteiger partial charge in [-0.25, -0.2) is 0 Å². The number of aliphatic hydroxyl groups is 3. The number of nitrogens with one attached hydrogen (secondary N) is 1. The highest BCUT2D eigenvalue weighted by molar-refractivity contribution is 6.24. The van der Waals surface area contributed by atoms with Gasteiger partial charge in [0.15, 0.2) is 11.4 Å². The van der Waals surface area contributed by atoms with Crippen LogP contribution in [-0.4, -0.2) is 113 Å². The van der Waals surface area contributed by atoms with Gasteiger partial charge in [-0.05, 0) is 58.0 Å². The van der Waals surface area contributed by atoms with Crippen LogP contribution in [0.2, 0.25) is 0 Å². The Bertz CT molecular complexity index is 1460. The maximum atomic E-state index is 14.0. The molecule has 2 fully saturated rings. The van der Waals surface area contributed by atoms with Crippen molar-refractivity contribution in [2.75, 3.05) is 52.0 Å². The molecule has 0 radical (unpaired) electrons. The van der Waals surface area contributed by atoms with Gasteiger partial charge in [-0.1, -0.05) is 0 Å². The molecule has 3 aliphatic carbocycles. The number of hydrogen-bond donors (Lipinski definition) is 6. The number of nitrogens with two attached hydrogens (primary N) is 1. The molecule has 0 aromatic heterocycles. The normalized spacial score (nSPS) is 29.5. The molecular weight excluding hydrogens is 534 g/mol. The van der Waals surface area contributed by atoms with Gasteiger partial charge < -0.3 is 36.4 Å². The number of likely N-dealkylation sites (tertiary alicyclic amines) is 1. The summed E-state index contributed by atoms with van der Waals surface area (Å²) in [5, 5.41) is 48.3. The maximum absolute atomic E-state index is 14.0. The third-order valence-corrected chi connectivity index (χ3v) is 9.03. The highest BCUT2D eigenvalue weighted by Crippen LogP contribution is 2.54.